The molecule has 3 N–H and O–H groups in total. The maximum Gasteiger partial charge on any atom is 0.335 e. The smallest absolute Gasteiger partial charge is 0.335 e. The van der Waals surface area contributed by atoms with Crippen molar-refractivity contribution >= 4 is 12.0 Å². The third-order valence-corrected chi connectivity index (χ3v) is 2.84. The second kappa shape index (κ2) is 7.09. The molecule has 21 heavy (non-hydrogen) atoms. The highest BCUT2D eigenvalue weighted by atomic mass is 16.4. The van der Waals surface area contributed by atoms with Gasteiger partial charge in [0.1, 0.15) is 0 Å². The molecular formula is C14H16N4O3. The van der Waals surface area contributed by atoms with Crippen molar-refractivity contribution in [1.82, 2.24) is 20.4 Å². The molecule has 0 aliphatic rings. The monoisotopic (exact) mass is 288 g/mol. The molecule has 0 aliphatic heterocycles. The summed E-state index contributed by atoms with van der Waals surface area (Å²) in [5.74, 6) is -0.967. The number of benzene rings is 1. The molecule has 0 saturated heterocycles. The molecule has 7 heteroatoms. The van der Waals surface area contributed by atoms with Crippen molar-refractivity contribution in [2.45, 2.75) is 13.1 Å². The van der Waals surface area contributed by atoms with Crippen molar-refractivity contribution in [3.05, 3.63) is 53.9 Å². The Morgan fingerprint density at radius 2 is 1.95 bits per heavy atom. The van der Waals surface area contributed by atoms with Gasteiger partial charge in [0, 0.05) is 25.5 Å². The Kier molecular flexibility index (Phi) is 4.92. The van der Waals surface area contributed by atoms with Crippen molar-refractivity contribution < 1.29 is 14.7 Å². The van der Waals surface area contributed by atoms with Gasteiger partial charge in [-0.25, -0.2) is 9.59 Å². The molecule has 0 radical (unpaired) electrons. The summed E-state index contributed by atoms with van der Waals surface area (Å²) in [4.78, 5) is 22.3. The van der Waals surface area contributed by atoms with Crippen LogP contribution in [0.4, 0.5) is 4.79 Å². The van der Waals surface area contributed by atoms with E-state index < -0.39 is 5.97 Å². The second-order valence-electron chi connectivity index (χ2n) is 4.38. The Balaban J connectivity index is 1.69. The van der Waals surface area contributed by atoms with Gasteiger partial charge in [-0.3, -0.25) is 4.68 Å². The van der Waals surface area contributed by atoms with Gasteiger partial charge >= 0.3 is 12.0 Å². The van der Waals surface area contributed by atoms with E-state index in [2.05, 4.69) is 15.7 Å². The van der Waals surface area contributed by atoms with Gasteiger partial charge in [0.05, 0.1) is 12.1 Å². The summed E-state index contributed by atoms with van der Waals surface area (Å²) in [7, 11) is 0. The number of carboxylic acid groups (broad SMARTS) is 1. The van der Waals surface area contributed by atoms with Crippen molar-refractivity contribution in [2.75, 3.05) is 6.54 Å². The standard InChI is InChI=1S/C14H16N4O3/c19-13(20)12-4-2-11(3-5-12)10-16-14(21)15-7-9-18-8-1-6-17-18/h1-6,8H,7,9-10H2,(H,19,20)(H2,15,16,21). The van der Waals surface area contributed by atoms with E-state index >= 15 is 0 Å². The van der Waals surface area contributed by atoms with Crippen molar-refractivity contribution in [3.8, 4) is 0 Å². The molecule has 7 nitrogen and oxygen atoms in total. The van der Waals surface area contributed by atoms with Gasteiger partial charge in [-0.2, -0.15) is 5.10 Å². The van der Waals surface area contributed by atoms with Crippen LogP contribution in [0.25, 0.3) is 0 Å². The number of urea groups is 1. The van der Waals surface area contributed by atoms with Crippen LogP contribution in [0.15, 0.2) is 42.7 Å². The highest BCUT2D eigenvalue weighted by Gasteiger charge is 2.03. The molecule has 0 atom stereocenters. The number of aromatic nitrogens is 2. The normalized spacial score (nSPS) is 10.1. The summed E-state index contributed by atoms with van der Waals surface area (Å²) in [6, 6.07) is 7.91. The summed E-state index contributed by atoms with van der Waals surface area (Å²) < 4.78 is 1.73. The number of nitrogens with one attached hydrogen (secondary N) is 2. The second-order valence-corrected chi connectivity index (χ2v) is 4.38. The summed E-state index contributed by atoms with van der Waals surface area (Å²) >= 11 is 0. The van der Waals surface area contributed by atoms with E-state index in [4.69, 9.17) is 5.11 Å². The Morgan fingerprint density at radius 1 is 1.19 bits per heavy atom. The van der Waals surface area contributed by atoms with E-state index in [1.54, 1.807) is 23.0 Å². The van der Waals surface area contributed by atoms with Crippen LogP contribution < -0.4 is 10.6 Å². The van der Waals surface area contributed by atoms with Crippen LogP contribution >= 0.6 is 0 Å². The molecule has 0 bridgehead atoms. The predicted octanol–water partition coefficient (Wildman–Crippen LogP) is 1.08. The first-order valence-electron chi connectivity index (χ1n) is 6.46. The zero-order chi connectivity index (χ0) is 15.1. The number of nitrogens with zero attached hydrogens (tertiary/aromatic N) is 2. The maximum atomic E-state index is 11.6. The lowest BCUT2D eigenvalue weighted by molar-refractivity contribution is 0.0697. The number of amides is 2. The van der Waals surface area contributed by atoms with Crippen molar-refractivity contribution in [3.63, 3.8) is 0 Å². The zero-order valence-corrected chi connectivity index (χ0v) is 11.3. The Hall–Kier alpha value is -2.83. The summed E-state index contributed by atoms with van der Waals surface area (Å²) in [5, 5.41) is 18.2. The number of hydrogen-bond donors (Lipinski definition) is 3. The molecule has 2 amide bonds. The lowest BCUT2D eigenvalue weighted by Gasteiger charge is -2.08. The molecular weight excluding hydrogens is 272 g/mol. The lowest BCUT2D eigenvalue weighted by atomic mass is 10.1. The number of carbonyl (C=O) groups excluding carboxylic acids is 1. The lowest BCUT2D eigenvalue weighted by Crippen LogP contribution is -2.36. The van der Waals surface area contributed by atoms with Crippen LogP contribution in [0, 0.1) is 0 Å². The molecule has 0 aliphatic carbocycles. The van der Waals surface area contributed by atoms with Crippen LogP contribution in [0.3, 0.4) is 0 Å². The van der Waals surface area contributed by atoms with Crippen molar-refractivity contribution in [2.24, 2.45) is 0 Å². The van der Waals surface area contributed by atoms with E-state index in [1.165, 1.54) is 12.1 Å². The molecule has 2 aromatic rings. The molecule has 1 heterocycles. The third kappa shape index (κ3) is 4.64. The largest absolute Gasteiger partial charge is 0.478 e. The van der Waals surface area contributed by atoms with Gasteiger partial charge in [0.15, 0.2) is 0 Å². The van der Waals surface area contributed by atoms with Crippen LogP contribution in [0.1, 0.15) is 15.9 Å². The van der Waals surface area contributed by atoms with Gasteiger partial charge in [-0.1, -0.05) is 12.1 Å². The van der Waals surface area contributed by atoms with Gasteiger partial charge in [-0.05, 0) is 23.8 Å². The van der Waals surface area contributed by atoms with Crippen LogP contribution in [0.2, 0.25) is 0 Å². The Bertz CT molecular complexity index is 593. The van der Waals surface area contributed by atoms with E-state index in [0.29, 0.717) is 19.6 Å². The number of rotatable bonds is 6. The average molecular weight is 288 g/mol. The molecule has 0 spiro atoms. The number of carboxylic acids is 1. The van der Waals surface area contributed by atoms with Crippen LogP contribution in [-0.4, -0.2) is 33.4 Å². The number of carbonyl (C=O) groups is 2. The van der Waals surface area contributed by atoms with Gasteiger partial charge in [0.25, 0.3) is 0 Å². The first kappa shape index (κ1) is 14.6. The van der Waals surface area contributed by atoms with E-state index in [-0.39, 0.29) is 11.6 Å². The van der Waals surface area contributed by atoms with Gasteiger partial charge in [0.2, 0.25) is 0 Å². The number of hydrogen-bond acceptors (Lipinski definition) is 3. The van der Waals surface area contributed by atoms with E-state index in [0.717, 1.165) is 5.56 Å². The highest BCUT2D eigenvalue weighted by Crippen LogP contribution is 2.03. The summed E-state index contributed by atoms with van der Waals surface area (Å²) in [6.07, 6.45) is 3.50. The molecule has 0 unspecified atom stereocenters. The highest BCUT2D eigenvalue weighted by molar-refractivity contribution is 5.87. The summed E-state index contributed by atoms with van der Waals surface area (Å²) in [6.45, 7) is 1.42. The maximum absolute atomic E-state index is 11.6. The fourth-order valence-electron chi connectivity index (χ4n) is 1.73. The molecule has 1 aromatic heterocycles. The minimum absolute atomic E-state index is 0.224. The predicted molar refractivity (Wildman–Crippen MR) is 75.9 cm³/mol. The third-order valence-electron chi connectivity index (χ3n) is 2.84. The molecule has 1 aromatic carbocycles. The number of aromatic carboxylic acids is 1. The van der Waals surface area contributed by atoms with E-state index in [9.17, 15) is 9.59 Å². The van der Waals surface area contributed by atoms with Crippen molar-refractivity contribution in [1.29, 1.82) is 0 Å². The quantitative estimate of drug-likeness (QED) is 0.741. The first-order chi connectivity index (χ1) is 10.1. The zero-order valence-electron chi connectivity index (χ0n) is 11.3. The van der Waals surface area contributed by atoms with Gasteiger partial charge < -0.3 is 15.7 Å². The average Bonchev–Trinajstić information content (AvgIpc) is 2.99. The summed E-state index contributed by atoms with van der Waals surface area (Å²) in [5.41, 5.74) is 1.06. The van der Waals surface area contributed by atoms with Gasteiger partial charge in [-0.15, -0.1) is 0 Å². The fourth-order valence-corrected chi connectivity index (χ4v) is 1.73. The SMILES string of the molecule is O=C(NCCn1cccn1)NCc1ccc(C(=O)O)cc1. The Morgan fingerprint density at radius 3 is 2.57 bits per heavy atom. The Labute approximate surface area is 121 Å². The van der Waals surface area contributed by atoms with Crippen LogP contribution in [-0.2, 0) is 13.1 Å². The minimum Gasteiger partial charge on any atom is -0.478 e. The fraction of sp³-hybridized carbons (Fsp3) is 0.214. The molecule has 0 saturated carbocycles. The topological polar surface area (TPSA) is 96.3 Å². The molecule has 0 fully saturated rings. The van der Waals surface area contributed by atoms with Crippen LogP contribution in [0.5, 0.6) is 0 Å². The molecule has 110 valence electrons. The van der Waals surface area contributed by atoms with E-state index in [1.807, 2.05) is 12.3 Å². The minimum atomic E-state index is -0.967. The first-order valence-corrected chi connectivity index (χ1v) is 6.46. The molecule has 2 rings (SSSR count).